The van der Waals surface area contributed by atoms with Crippen LogP contribution in [0.4, 0.5) is 5.69 Å². The van der Waals surface area contributed by atoms with Gasteiger partial charge in [0.1, 0.15) is 6.73 Å². The van der Waals surface area contributed by atoms with Crippen LogP contribution in [0.5, 0.6) is 0 Å². The standard InChI is InChI=1S/C10H12N2O/c1-12-6-9(11-7-13)8-4-2-3-5-10(8)12/h2-6,11,13H,7H2,1H3. The van der Waals surface area contributed by atoms with Crippen molar-refractivity contribution in [2.75, 3.05) is 12.0 Å². The van der Waals surface area contributed by atoms with Crippen LogP contribution >= 0.6 is 0 Å². The highest BCUT2D eigenvalue weighted by molar-refractivity contribution is 5.92. The predicted octanol–water partition coefficient (Wildman–Crippen LogP) is 1.54. The summed E-state index contributed by atoms with van der Waals surface area (Å²) in [6.45, 7) is -0.0337. The van der Waals surface area contributed by atoms with Crippen LogP contribution < -0.4 is 5.32 Å². The number of aliphatic hydroxyl groups is 1. The number of aromatic nitrogens is 1. The second-order valence-electron chi connectivity index (χ2n) is 3.01. The Hall–Kier alpha value is -1.48. The van der Waals surface area contributed by atoms with Gasteiger partial charge < -0.3 is 15.0 Å². The quantitative estimate of drug-likeness (QED) is 0.681. The smallest absolute Gasteiger partial charge is 0.113 e. The molecule has 3 nitrogen and oxygen atoms in total. The minimum atomic E-state index is -0.0337. The molecule has 2 rings (SSSR count). The van der Waals surface area contributed by atoms with Crippen LogP contribution in [0.2, 0.25) is 0 Å². The molecule has 0 saturated heterocycles. The summed E-state index contributed by atoms with van der Waals surface area (Å²) in [6, 6.07) is 8.08. The molecule has 0 amide bonds. The van der Waals surface area contributed by atoms with E-state index in [1.807, 2.05) is 36.0 Å². The van der Waals surface area contributed by atoms with Crippen molar-refractivity contribution in [1.82, 2.24) is 4.57 Å². The molecule has 0 aliphatic rings. The average molecular weight is 176 g/mol. The Morgan fingerprint density at radius 2 is 2.15 bits per heavy atom. The second-order valence-corrected chi connectivity index (χ2v) is 3.01. The molecular weight excluding hydrogens is 164 g/mol. The number of aryl methyl sites for hydroxylation is 1. The van der Waals surface area contributed by atoms with E-state index in [-0.39, 0.29) is 6.73 Å². The largest absolute Gasteiger partial charge is 0.377 e. The Bertz CT molecular complexity index is 420. The van der Waals surface area contributed by atoms with E-state index >= 15 is 0 Å². The summed E-state index contributed by atoms with van der Waals surface area (Å²) < 4.78 is 2.04. The summed E-state index contributed by atoms with van der Waals surface area (Å²) in [7, 11) is 1.99. The van der Waals surface area contributed by atoms with Crippen LogP contribution in [0.15, 0.2) is 30.5 Å². The summed E-state index contributed by atoms with van der Waals surface area (Å²) in [5.41, 5.74) is 2.14. The van der Waals surface area contributed by atoms with Crippen molar-refractivity contribution >= 4 is 16.6 Å². The minimum absolute atomic E-state index is 0.0337. The zero-order valence-corrected chi connectivity index (χ0v) is 7.49. The number of aliphatic hydroxyl groups excluding tert-OH is 1. The molecule has 68 valence electrons. The summed E-state index contributed by atoms with van der Waals surface area (Å²) in [4.78, 5) is 0. The van der Waals surface area contributed by atoms with Crippen LogP contribution in [0, 0.1) is 0 Å². The van der Waals surface area contributed by atoms with Crippen LogP contribution in [0.3, 0.4) is 0 Å². The molecule has 1 aromatic heterocycles. The molecule has 0 bridgehead atoms. The first kappa shape index (κ1) is 8.13. The molecule has 13 heavy (non-hydrogen) atoms. The normalized spacial score (nSPS) is 10.6. The molecule has 0 fully saturated rings. The lowest BCUT2D eigenvalue weighted by Crippen LogP contribution is -1.97. The number of hydrogen-bond acceptors (Lipinski definition) is 2. The van der Waals surface area contributed by atoms with Gasteiger partial charge in [-0.2, -0.15) is 0 Å². The Balaban J connectivity index is 2.63. The van der Waals surface area contributed by atoms with Crippen molar-refractivity contribution in [1.29, 1.82) is 0 Å². The first-order valence-corrected chi connectivity index (χ1v) is 4.21. The molecule has 0 atom stereocenters. The highest BCUT2D eigenvalue weighted by Crippen LogP contribution is 2.24. The van der Waals surface area contributed by atoms with Gasteiger partial charge in [-0.1, -0.05) is 18.2 Å². The van der Waals surface area contributed by atoms with E-state index in [0.29, 0.717) is 0 Å². The maximum absolute atomic E-state index is 8.77. The van der Waals surface area contributed by atoms with E-state index < -0.39 is 0 Å². The summed E-state index contributed by atoms with van der Waals surface area (Å²) >= 11 is 0. The van der Waals surface area contributed by atoms with Gasteiger partial charge in [0, 0.05) is 24.1 Å². The Labute approximate surface area is 76.6 Å². The van der Waals surface area contributed by atoms with Gasteiger partial charge in [0.25, 0.3) is 0 Å². The SMILES string of the molecule is Cn1cc(NCO)c2ccccc21. The van der Waals surface area contributed by atoms with Gasteiger partial charge in [-0.15, -0.1) is 0 Å². The lowest BCUT2D eigenvalue weighted by Gasteiger charge is -1.97. The van der Waals surface area contributed by atoms with Crippen molar-refractivity contribution in [3.63, 3.8) is 0 Å². The molecule has 3 heteroatoms. The van der Waals surface area contributed by atoms with Gasteiger partial charge in [-0.05, 0) is 6.07 Å². The Morgan fingerprint density at radius 3 is 2.92 bits per heavy atom. The minimum Gasteiger partial charge on any atom is -0.377 e. The fourth-order valence-corrected chi connectivity index (χ4v) is 1.57. The summed E-state index contributed by atoms with van der Waals surface area (Å²) in [6.07, 6.45) is 1.97. The highest BCUT2D eigenvalue weighted by atomic mass is 16.3. The highest BCUT2D eigenvalue weighted by Gasteiger charge is 2.03. The molecule has 1 aromatic carbocycles. The lowest BCUT2D eigenvalue weighted by atomic mass is 10.2. The monoisotopic (exact) mass is 176 g/mol. The number of rotatable bonds is 2. The third-order valence-corrected chi connectivity index (χ3v) is 2.17. The average Bonchev–Trinajstić information content (AvgIpc) is 2.46. The number of fused-ring (bicyclic) bond motifs is 1. The molecule has 0 spiro atoms. The van der Waals surface area contributed by atoms with E-state index in [1.165, 1.54) is 5.52 Å². The van der Waals surface area contributed by atoms with Gasteiger partial charge in [0.05, 0.1) is 5.69 Å². The van der Waals surface area contributed by atoms with Crippen LogP contribution in [0.1, 0.15) is 0 Å². The number of anilines is 1. The fourth-order valence-electron chi connectivity index (χ4n) is 1.57. The van der Waals surface area contributed by atoms with E-state index in [2.05, 4.69) is 11.4 Å². The van der Waals surface area contributed by atoms with Crippen LogP contribution in [-0.4, -0.2) is 16.4 Å². The number of hydrogen-bond donors (Lipinski definition) is 2. The number of nitrogens with one attached hydrogen (secondary N) is 1. The maximum Gasteiger partial charge on any atom is 0.113 e. The van der Waals surface area contributed by atoms with Crippen LogP contribution in [-0.2, 0) is 7.05 Å². The third-order valence-electron chi connectivity index (χ3n) is 2.17. The van der Waals surface area contributed by atoms with Gasteiger partial charge in [0.15, 0.2) is 0 Å². The second kappa shape index (κ2) is 3.11. The van der Waals surface area contributed by atoms with E-state index in [9.17, 15) is 0 Å². The van der Waals surface area contributed by atoms with Crippen molar-refractivity contribution in [2.24, 2.45) is 7.05 Å². The number of nitrogens with zero attached hydrogens (tertiary/aromatic N) is 1. The molecule has 0 aliphatic carbocycles. The summed E-state index contributed by atoms with van der Waals surface area (Å²) in [5, 5.41) is 12.8. The van der Waals surface area contributed by atoms with Crippen molar-refractivity contribution in [3.8, 4) is 0 Å². The van der Waals surface area contributed by atoms with Gasteiger partial charge in [0.2, 0.25) is 0 Å². The fraction of sp³-hybridized carbons (Fsp3) is 0.200. The molecule has 0 saturated carbocycles. The van der Waals surface area contributed by atoms with Crippen molar-refractivity contribution < 1.29 is 5.11 Å². The summed E-state index contributed by atoms with van der Waals surface area (Å²) in [5.74, 6) is 0. The zero-order valence-electron chi connectivity index (χ0n) is 7.49. The zero-order chi connectivity index (χ0) is 9.26. The maximum atomic E-state index is 8.77. The van der Waals surface area contributed by atoms with E-state index in [1.54, 1.807) is 0 Å². The molecule has 0 radical (unpaired) electrons. The molecule has 0 aliphatic heterocycles. The Kier molecular flexibility index (Phi) is 1.94. The number of benzene rings is 1. The lowest BCUT2D eigenvalue weighted by molar-refractivity contribution is 0.326. The first-order valence-electron chi connectivity index (χ1n) is 4.21. The van der Waals surface area contributed by atoms with Crippen LogP contribution in [0.25, 0.3) is 10.9 Å². The third kappa shape index (κ3) is 1.27. The van der Waals surface area contributed by atoms with Crippen molar-refractivity contribution in [3.05, 3.63) is 30.5 Å². The van der Waals surface area contributed by atoms with Crippen molar-refractivity contribution in [2.45, 2.75) is 0 Å². The Morgan fingerprint density at radius 1 is 1.38 bits per heavy atom. The molecule has 2 aromatic rings. The number of para-hydroxylation sites is 1. The molecule has 1 heterocycles. The van der Waals surface area contributed by atoms with Gasteiger partial charge >= 0.3 is 0 Å². The van der Waals surface area contributed by atoms with Gasteiger partial charge in [-0.25, -0.2) is 0 Å². The van der Waals surface area contributed by atoms with Gasteiger partial charge in [-0.3, -0.25) is 0 Å². The topological polar surface area (TPSA) is 37.2 Å². The first-order chi connectivity index (χ1) is 6.33. The predicted molar refractivity (Wildman–Crippen MR) is 53.6 cm³/mol. The molecule has 2 N–H and O–H groups in total. The van der Waals surface area contributed by atoms with E-state index in [0.717, 1.165) is 11.1 Å². The molecule has 0 unspecified atom stereocenters. The van der Waals surface area contributed by atoms with E-state index in [4.69, 9.17) is 5.11 Å². The molecular formula is C10H12N2O.